The van der Waals surface area contributed by atoms with Crippen molar-refractivity contribution >= 4 is 28.8 Å². The normalized spacial score (nSPS) is 20.9. The van der Waals surface area contributed by atoms with Crippen molar-refractivity contribution in [3.05, 3.63) is 57.8 Å². The maximum atomic E-state index is 13.4. The number of ether oxygens (including phenoxy) is 2. The standard InChI is InChI=1S/C25H31N3O4S/c1-16-7-6-8-18(13-16)22-21(23(30)32-25(3,4)5)17(2)26-24-28(22)19(15-33-24)14-20(29)27-9-11-31-12-10-27/h6-8,13,15,22H,9-12,14H2,1-5H3. The number of benzene rings is 1. The molecule has 0 N–H and O–H groups in total. The molecule has 3 aliphatic heterocycles. The SMILES string of the molecule is CC1=C(C(=O)OC(C)(C)C)C(c2cccc(C)c2)N2C(CC(=O)N3CCOCC3)=CSC2=N1. The van der Waals surface area contributed by atoms with Crippen molar-refractivity contribution in [3.8, 4) is 0 Å². The van der Waals surface area contributed by atoms with Crippen LogP contribution in [0.3, 0.4) is 0 Å². The summed E-state index contributed by atoms with van der Waals surface area (Å²) < 4.78 is 11.2. The van der Waals surface area contributed by atoms with E-state index in [9.17, 15) is 9.59 Å². The van der Waals surface area contributed by atoms with Crippen LogP contribution in [0, 0.1) is 6.92 Å². The molecule has 1 aromatic carbocycles. The average Bonchev–Trinajstić information content (AvgIpc) is 3.14. The third-order valence-corrected chi connectivity index (χ3v) is 6.56. The Kier molecular flexibility index (Phi) is 6.68. The highest BCUT2D eigenvalue weighted by molar-refractivity contribution is 8.16. The molecule has 1 unspecified atom stereocenters. The van der Waals surface area contributed by atoms with Gasteiger partial charge in [-0.2, -0.15) is 0 Å². The van der Waals surface area contributed by atoms with Crippen LogP contribution in [-0.2, 0) is 19.1 Å². The highest BCUT2D eigenvalue weighted by Gasteiger charge is 2.42. The van der Waals surface area contributed by atoms with Crippen molar-refractivity contribution in [2.75, 3.05) is 26.3 Å². The first kappa shape index (κ1) is 23.6. The van der Waals surface area contributed by atoms with E-state index in [1.165, 1.54) is 11.8 Å². The van der Waals surface area contributed by atoms with E-state index in [1.54, 1.807) is 0 Å². The first-order chi connectivity index (χ1) is 15.6. The Morgan fingerprint density at radius 2 is 1.94 bits per heavy atom. The second kappa shape index (κ2) is 9.35. The number of hydrogen-bond acceptors (Lipinski definition) is 7. The van der Waals surface area contributed by atoms with Crippen molar-refractivity contribution in [1.29, 1.82) is 0 Å². The largest absolute Gasteiger partial charge is 0.456 e. The van der Waals surface area contributed by atoms with Crippen LogP contribution in [0.4, 0.5) is 0 Å². The molecular formula is C25H31N3O4S. The van der Waals surface area contributed by atoms with Gasteiger partial charge >= 0.3 is 5.97 Å². The zero-order valence-corrected chi connectivity index (χ0v) is 20.7. The average molecular weight is 470 g/mol. The fraction of sp³-hybridized carbons (Fsp3) is 0.480. The summed E-state index contributed by atoms with van der Waals surface area (Å²) in [7, 11) is 0. The summed E-state index contributed by atoms with van der Waals surface area (Å²) in [6.07, 6.45) is 0.245. The van der Waals surface area contributed by atoms with Crippen LogP contribution >= 0.6 is 11.8 Å². The van der Waals surface area contributed by atoms with Gasteiger partial charge in [-0.15, -0.1) is 0 Å². The van der Waals surface area contributed by atoms with Gasteiger partial charge < -0.3 is 19.3 Å². The number of nitrogens with zero attached hydrogens (tertiary/aromatic N) is 3. The topological polar surface area (TPSA) is 71.4 Å². The molecule has 1 fully saturated rings. The van der Waals surface area contributed by atoms with Crippen molar-refractivity contribution < 1.29 is 19.1 Å². The van der Waals surface area contributed by atoms with Gasteiger partial charge in [-0.1, -0.05) is 41.6 Å². The summed E-state index contributed by atoms with van der Waals surface area (Å²) in [5.41, 5.74) is 3.43. The van der Waals surface area contributed by atoms with Gasteiger partial charge in [-0.3, -0.25) is 4.79 Å². The first-order valence-corrected chi connectivity index (χ1v) is 12.1. The molecule has 0 aliphatic carbocycles. The molecule has 33 heavy (non-hydrogen) atoms. The Bertz CT molecular complexity index is 1050. The minimum atomic E-state index is -0.629. The van der Waals surface area contributed by atoms with Gasteiger partial charge in [0.05, 0.1) is 36.9 Å². The Morgan fingerprint density at radius 3 is 2.61 bits per heavy atom. The fourth-order valence-electron chi connectivity index (χ4n) is 4.20. The maximum absolute atomic E-state index is 13.4. The van der Waals surface area contributed by atoms with E-state index in [-0.39, 0.29) is 18.3 Å². The highest BCUT2D eigenvalue weighted by Crippen LogP contribution is 2.45. The van der Waals surface area contributed by atoms with Gasteiger partial charge in [-0.25, -0.2) is 9.79 Å². The summed E-state index contributed by atoms with van der Waals surface area (Å²) in [5.74, 6) is -0.329. The number of amidine groups is 1. The monoisotopic (exact) mass is 469 g/mol. The smallest absolute Gasteiger partial charge is 0.338 e. The van der Waals surface area contributed by atoms with Crippen LogP contribution in [0.5, 0.6) is 0 Å². The lowest BCUT2D eigenvalue weighted by Gasteiger charge is -2.37. The molecule has 3 aliphatic rings. The molecule has 1 amide bonds. The number of thioether (sulfide) groups is 1. The van der Waals surface area contributed by atoms with Gasteiger partial charge in [0, 0.05) is 18.8 Å². The predicted octanol–water partition coefficient (Wildman–Crippen LogP) is 4.16. The Labute approximate surface area is 199 Å². The molecule has 3 heterocycles. The van der Waals surface area contributed by atoms with Gasteiger partial charge in [-0.05, 0) is 45.6 Å². The number of fused-ring (bicyclic) bond motifs is 1. The van der Waals surface area contributed by atoms with E-state index in [1.807, 2.05) is 68.0 Å². The van der Waals surface area contributed by atoms with Crippen LogP contribution in [0.15, 0.2) is 51.6 Å². The second-order valence-electron chi connectivity index (χ2n) is 9.48. The van der Waals surface area contributed by atoms with Gasteiger partial charge in [0.1, 0.15) is 5.60 Å². The van der Waals surface area contributed by atoms with Crippen molar-refractivity contribution in [2.24, 2.45) is 4.99 Å². The molecular weight excluding hydrogens is 438 g/mol. The fourth-order valence-corrected chi connectivity index (χ4v) is 5.16. The van der Waals surface area contributed by atoms with Gasteiger partial charge in [0.2, 0.25) is 5.91 Å². The number of allylic oxidation sites excluding steroid dienone is 1. The number of hydrogen-bond donors (Lipinski definition) is 0. The number of esters is 1. The van der Waals surface area contributed by atoms with E-state index in [2.05, 4.69) is 6.07 Å². The van der Waals surface area contributed by atoms with Crippen LogP contribution in [0.1, 0.15) is 51.3 Å². The van der Waals surface area contributed by atoms with Crippen LogP contribution in [0.25, 0.3) is 0 Å². The number of amides is 1. The zero-order valence-electron chi connectivity index (χ0n) is 19.9. The minimum Gasteiger partial charge on any atom is -0.456 e. The number of aryl methyl sites for hydroxylation is 1. The molecule has 1 saturated heterocycles. The predicted molar refractivity (Wildman–Crippen MR) is 129 cm³/mol. The van der Waals surface area contributed by atoms with E-state index < -0.39 is 11.6 Å². The summed E-state index contributed by atoms with van der Waals surface area (Å²) in [4.78, 5) is 35.0. The number of morpholine rings is 1. The van der Waals surface area contributed by atoms with E-state index >= 15 is 0 Å². The lowest BCUT2D eigenvalue weighted by molar-refractivity contribution is -0.150. The molecule has 0 saturated carbocycles. The number of carbonyl (C=O) groups excluding carboxylic acids is 2. The lowest BCUT2D eigenvalue weighted by atomic mass is 9.92. The summed E-state index contributed by atoms with van der Waals surface area (Å²) >= 11 is 1.49. The summed E-state index contributed by atoms with van der Waals surface area (Å²) in [6.45, 7) is 11.8. The molecule has 1 aromatic rings. The number of aliphatic imine (C=N–C) groups is 1. The summed E-state index contributed by atoms with van der Waals surface area (Å²) in [5, 5.41) is 2.75. The van der Waals surface area contributed by atoms with Gasteiger partial charge in [0.15, 0.2) is 5.17 Å². The molecule has 0 bridgehead atoms. The van der Waals surface area contributed by atoms with Crippen LogP contribution in [-0.4, -0.2) is 58.7 Å². The lowest BCUT2D eigenvalue weighted by Crippen LogP contribution is -2.42. The van der Waals surface area contributed by atoms with Gasteiger partial charge in [0.25, 0.3) is 0 Å². The number of carbonyl (C=O) groups is 2. The maximum Gasteiger partial charge on any atom is 0.338 e. The highest BCUT2D eigenvalue weighted by atomic mass is 32.2. The minimum absolute atomic E-state index is 0.0551. The molecule has 1 atom stereocenters. The van der Waals surface area contributed by atoms with E-state index in [0.29, 0.717) is 37.6 Å². The van der Waals surface area contributed by atoms with Crippen molar-refractivity contribution in [2.45, 2.75) is 52.7 Å². The molecule has 4 rings (SSSR count). The van der Waals surface area contributed by atoms with E-state index in [0.717, 1.165) is 22.0 Å². The Hall–Kier alpha value is -2.58. The molecule has 7 nitrogen and oxygen atoms in total. The van der Waals surface area contributed by atoms with Crippen molar-refractivity contribution in [1.82, 2.24) is 9.80 Å². The van der Waals surface area contributed by atoms with E-state index in [4.69, 9.17) is 14.5 Å². The molecule has 8 heteroatoms. The quantitative estimate of drug-likeness (QED) is 0.617. The number of rotatable bonds is 4. The molecule has 0 spiro atoms. The third kappa shape index (κ3) is 5.17. The third-order valence-electron chi connectivity index (χ3n) is 5.67. The van der Waals surface area contributed by atoms with Crippen LogP contribution in [0.2, 0.25) is 0 Å². The van der Waals surface area contributed by atoms with Crippen LogP contribution < -0.4 is 0 Å². The zero-order chi connectivity index (χ0) is 23.8. The molecule has 0 radical (unpaired) electrons. The Balaban J connectivity index is 1.71. The molecule has 176 valence electrons. The Morgan fingerprint density at radius 1 is 1.21 bits per heavy atom. The second-order valence-corrected chi connectivity index (χ2v) is 10.3. The molecule has 0 aromatic heterocycles. The first-order valence-electron chi connectivity index (χ1n) is 11.2. The summed E-state index contributed by atoms with van der Waals surface area (Å²) in [6, 6.07) is 7.70. The van der Waals surface area contributed by atoms with Crippen molar-refractivity contribution in [3.63, 3.8) is 0 Å².